The van der Waals surface area contributed by atoms with Crippen LogP contribution in [0.3, 0.4) is 0 Å². The number of methoxy groups -OCH3 is 1. The van der Waals surface area contributed by atoms with E-state index >= 15 is 0 Å². The topological polar surface area (TPSA) is 101 Å². The Hall–Kier alpha value is -3.75. The number of rotatable bonds is 8. The number of ether oxygens (including phenoxy) is 2. The number of hydrogen-bond acceptors (Lipinski definition) is 7. The Bertz CT molecular complexity index is 1060. The van der Waals surface area contributed by atoms with Crippen molar-refractivity contribution in [1.29, 1.82) is 0 Å². The van der Waals surface area contributed by atoms with Gasteiger partial charge in [0.1, 0.15) is 17.2 Å². The van der Waals surface area contributed by atoms with E-state index in [0.29, 0.717) is 11.3 Å². The molecule has 2 aromatic rings. The quantitative estimate of drug-likeness (QED) is 0.381. The van der Waals surface area contributed by atoms with Crippen molar-refractivity contribution in [3.05, 3.63) is 53.1 Å². The lowest BCUT2D eigenvalue weighted by atomic mass is 10.1. The van der Waals surface area contributed by atoms with Crippen LogP contribution < -0.4 is 15.0 Å². The lowest BCUT2D eigenvalue weighted by Gasteiger charge is -2.19. The average molecular weight is 441 g/mol. The van der Waals surface area contributed by atoms with Gasteiger partial charge in [0.2, 0.25) is 5.76 Å². The number of hydrogen-bond donors (Lipinski definition) is 1. The standard InChI is InChI=1S/C23H27N3O6/c1-6-14(2)31-20-12-16(25(3)4)8-7-15(20)11-18-21(27)26(23(29)24-18)13-17-9-10-19(32-17)22(28)30-5/h7-12,14H,6,13H2,1-5H3,(H,24,29). The zero-order chi connectivity index (χ0) is 23.4. The zero-order valence-corrected chi connectivity index (χ0v) is 18.8. The molecule has 0 radical (unpaired) electrons. The fourth-order valence-electron chi connectivity index (χ4n) is 3.02. The van der Waals surface area contributed by atoms with Gasteiger partial charge in [-0.25, -0.2) is 9.59 Å². The largest absolute Gasteiger partial charge is 0.490 e. The molecule has 1 aliphatic heterocycles. The van der Waals surface area contributed by atoms with Gasteiger partial charge in [-0.1, -0.05) is 6.92 Å². The van der Waals surface area contributed by atoms with Gasteiger partial charge in [0.15, 0.2) is 0 Å². The number of carbonyl (C=O) groups excluding carboxylic acids is 3. The number of nitrogens with zero attached hydrogens (tertiary/aromatic N) is 2. The Morgan fingerprint density at radius 2 is 2.00 bits per heavy atom. The van der Waals surface area contributed by atoms with E-state index in [0.717, 1.165) is 17.0 Å². The van der Waals surface area contributed by atoms with Crippen LogP contribution >= 0.6 is 0 Å². The zero-order valence-electron chi connectivity index (χ0n) is 18.8. The molecule has 1 fully saturated rings. The molecular weight excluding hydrogens is 414 g/mol. The minimum atomic E-state index is -0.635. The van der Waals surface area contributed by atoms with Gasteiger partial charge >= 0.3 is 12.0 Å². The Kier molecular flexibility index (Phi) is 6.87. The molecule has 32 heavy (non-hydrogen) atoms. The number of urea groups is 1. The third-order valence-electron chi connectivity index (χ3n) is 5.04. The van der Waals surface area contributed by atoms with Crippen molar-refractivity contribution < 1.29 is 28.3 Å². The van der Waals surface area contributed by atoms with Gasteiger partial charge in [0.25, 0.3) is 5.91 Å². The van der Waals surface area contributed by atoms with E-state index < -0.39 is 17.9 Å². The Morgan fingerprint density at radius 3 is 2.66 bits per heavy atom. The van der Waals surface area contributed by atoms with Crippen LogP contribution in [0.15, 0.2) is 40.4 Å². The highest BCUT2D eigenvalue weighted by Crippen LogP contribution is 2.29. The lowest BCUT2D eigenvalue weighted by molar-refractivity contribution is -0.123. The first-order chi connectivity index (χ1) is 15.2. The predicted octanol–water partition coefficient (Wildman–Crippen LogP) is 3.40. The highest BCUT2D eigenvalue weighted by molar-refractivity contribution is 6.14. The number of benzene rings is 1. The summed E-state index contributed by atoms with van der Waals surface area (Å²) in [5, 5.41) is 2.59. The third kappa shape index (κ3) is 4.93. The van der Waals surface area contributed by atoms with E-state index in [1.54, 1.807) is 6.08 Å². The highest BCUT2D eigenvalue weighted by Gasteiger charge is 2.34. The first kappa shape index (κ1) is 22.9. The van der Waals surface area contributed by atoms with Crippen molar-refractivity contribution in [1.82, 2.24) is 10.2 Å². The minimum absolute atomic E-state index is 0.00173. The Morgan fingerprint density at radius 1 is 1.25 bits per heavy atom. The number of furan rings is 1. The van der Waals surface area contributed by atoms with E-state index in [2.05, 4.69) is 10.1 Å². The first-order valence-electron chi connectivity index (χ1n) is 10.2. The summed E-state index contributed by atoms with van der Waals surface area (Å²) >= 11 is 0. The summed E-state index contributed by atoms with van der Waals surface area (Å²) in [6, 6.07) is 8.03. The molecule has 9 nitrogen and oxygen atoms in total. The monoisotopic (exact) mass is 441 g/mol. The molecule has 3 amide bonds. The molecule has 1 aliphatic rings. The number of anilines is 1. The minimum Gasteiger partial charge on any atom is -0.490 e. The van der Waals surface area contributed by atoms with E-state index in [1.807, 2.05) is 51.0 Å². The second-order valence-corrected chi connectivity index (χ2v) is 7.59. The molecule has 3 rings (SSSR count). The summed E-state index contributed by atoms with van der Waals surface area (Å²) in [7, 11) is 5.10. The number of amides is 3. The Labute approximate surface area is 186 Å². The highest BCUT2D eigenvalue weighted by atomic mass is 16.5. The van der Waals surface area contributed by atoms with Crippen molar-refractivity contribution in [2.75, 3.05) is 26.1 Å². The van der Waals surface area contributed by atoms with Crippen molar-refractivity contribution in [2.24, 2.45) is 0 Å². The van der Waals surface area contributed by atoms with Gasteiger partial charge in [-0.2, -0.15) is 0 Å². The van der Waals surface area contributed by atoms with Crippen molar-refractivity contribution in [2.45, 2.75) is 32.9 Å². The molecule has 0 bridgehead atoms. The van der Waals surface area contributed by atoms with Crippen molar-refractivity contribution in [3.8, 4) is 5.75 Å². The van der Waals surface area contributed by atoms with Crippen LogP contribution in [-0.2, 0) is 16.1 Å². The van der Waals surface area contributed by atoms with Gasteiger partial charge in [0.05, 0.1) is 19.8 Å². The number of imide groups is 1. The summed E-state index contributed by atoms with van der Waals surface area (Å²) in [6.45, 7) is 3.88. The molecule has 0 saturated carbocycles. The molecule has 1 aromatic carbocycles. The molecule has 1 N–H and O–H groups in total. The van der Waals surface area contributed by atoms with Crippen molar-refractivity contribution in [3.63, 3.8) is 0 Å². The van der Waals surface area contributed by atoms with E-state index in [-0.39, 0.29) is 29.9 Å². The van der Waals surface area contributed by atoms with E-state index in [9.17, 15) is 14.4 Å². The lowest BCUT2D eigenvalue weighted by Crippen LogP contribution is -2.30. The van der Waals surface area contributed by atoms with Crippen LogP contribution in [0.1, 0.15) is 42.1 Å². The summed E-state index contributed by atoms with van der Waals surface area (Å²) in [5.41, 5.74) is 1.75. The van der Waals surface area contributed by atoms with E-state index in [4.69, 9.17) is 9.15 Å². The first-order valence-corrected chi connectivity index (χ1v) is 10.2. The molecule has 1 atom stereocenters. The maximum atomic E-state index is 12.9. The molecule has 1 unspecified atom stereocenters. The van der Waals surface area contributed by atoms with Crippen LogP contribution in [0.25, 0.3) is 6.08 Å². The molecule has 1 aromatic heterocycles. The number of carbonyl (C=O) groups is 3. The second kappa shape index (κ2) is 9.59. The molecular formula is C23H27N3O6. The molecule has 170 valence electrons. The smallest absolute Gasteiger partial charge is 0.373 e. The summed E-state index contributed by atoms with van der Waals surface area (Å²) in [5.74, 6) is -0.238. The van der Waals surface area contributed by atoms with Crippen LogP contribution in [0, 0.1) is 0 Å². The van der Waals surface area contributed by atoms with Crippen LogP contribution in [-0.4, -0.2) is 50.1 Å². The summed E-state index contributed by atoms with van der Waals surface area (Å²) in [6.07, 6.45) is 2.40. The molecule has 9 heteroatoms. The van der Waals surface area contributed by atoms with Crippen molar-refractivity contribution >= 4 is 29.7 Å². The van der Waals surface area contributed by atoms with Crippen LogP contribution in [0.2, 0.25) is 0 Å². The van der Waals surface area contributed by atoms with Gasteiger partial charge < -0.3 is 24.1 Å². The summed E-state index contributed by atoms with van der Waals surface area (Å²) < 4.78 is 16.0. The maximum Gasteiger partial charge on any atom is 0.373 e. The average Bonchev–Trinajstić information content (AvgIpc) is 3.34. The van der Waals surface area contributed by atoms with E-state index in [1.165, 1.54) is 19.2 Å². The fraction of sp³-hybridized carbons (Fsp3) is 0.348. The number of esters is 1. The molecule has 1 saturated heterocycles. The van der Waals surface area contributed by atoms with Gasteiger partial charge in [-0.15, -0.1) is 0 Å². The Balaban J connectivity index is 1.85. The van der Waals surface area contributed by atoms with Crippen LogP contribution in [0.5, 0.6) is 5.75 Å². The second-order valence-electron chi connectivity index (χ2n) is 7.59. The van der Waals surface area contributed by atoms with Gasteiger partial charge in [-0.05, 0) is 43.7 Å². The number of nitrogens with one attached hydrogen (secondary N) is 1. The normalized spacial score (nSPS) is 15.7. The van der Waals surface area contributed by atoms with Crippen LogP contribution in [0.4, 0.5) is 10.5 Å². The molecule has 0 spiro atoms. The predicted molar refractivity (Wildman–Crippen MR) is 118 cm³/mol. The third-order valence-corrected chi connectivity index (χ3v) is 5.04. The molecule has 0 aliphatic carbocycles. The SMILES string of the molecule is CCC(C)Oc1cc(N(C)C)ccc1C=C1NC(=O)N(Cc2ccc(C(=O)OC)o2)C1=O. The fourth-order valence-corrected chi connectivity index (χ4v) is 3.02. The van der Waals surface area contributed by atoms with Gasteiger partial charge in [0, 0.05) is 31.4 Å². The maximum absolute atomic E-state index is 12.9. The van der Waals surface area contributed by atoms with Gasteiger partial charge in [-0.3, -0.25) is 9.69 Å². The molecule has 2 heterocycles. The summed E-state index contributed by atoms with van der Waals surface area (Å²) in [4.78, 5) is 39.8.